The number of nitro groups is 1. The Morgan fingerprint density at radius 3 is 2.91 bits per heavy atom. The maximum atomic E-state index is 11.9. The average Bonchev–Trinajstić information content (AvgIpc) is 3.16. The third-order valence-electron chi connectivity index (χ3n) is 3.27. The molecule has 122 valence electrons. The van der Waals surface area contributed by atoms with E-state index in [9.17, 15) is 14.9 Å². The predicted octanol–water partition coefficient (Wildman–Crippen LogP) is 1.97. The van der Waals surface area contributed by atoms with E-state index in [0.717, 1.165) is 12.5 Å². The van der Waals surface area contributed by atoms with Gasteiger partial charge in [-0.15, -0.1) is 17.7 Å². The van der Waals surface area contributed by atoms with Crippen molar-refractivity contribution in [2.24, 2.45) is 0 Å². The summed E-state index contributed by atoms with van der Waals surface area (Å²) in [5.74, 6) is -1.07. The van der Waals surface area contributed by atoms with Crippen molar-refractivity contribution in [2.75, 3.05) is 11.9 Å². The molecule has 2 aromatic rings. The van der Waals surface area contributed by atoms with Crippen LogP contribution in [-0.4, -0.2) is 33.1 Å². The molecule has 11 heteroatoms. The first-order valence-electron chi connectivity index (χ1n) is 6.71. The maximum Gasteiger partial charge on any atom is 0.433 e. The topological polar surface area (TPSA) is 134 Å². The molecule has 1 saturated heterocycles. The molecule has 1 amide bonds. The van der Waals surface area contributed by atoms with Crippen LogP contribution in [0.25, 0.3) is 0 Å². The molecule has 2 atom stereocenters. The van der Waals surface area contributed by atoms with E-state index in [1.54, 1.807) is 0 Å². The summed E-state index contributed by atoms with van der Waals surface area (Å²) in [6.45, 7) is 0.541. The van der Waals surface area contributed by atoms with Crippen LogP contribution < -0.4 is 5.32 Å². The second kappa shape index (κ2) is 6.38. The first-order valence-corrected chi connectivity index (χ1v) is 7.23. The molecule has 0 bridgehead atoms. The number of amides is 1. The number of hydrogen-bond donors (Lipinski definition) is 2. The largest absolute Gasteiger partial charge is 0.433 e. The summed E-state index contributed by atoms with van der Waals surface area (Å²) in [4.78, 5) is 21.7. The van der Waals surface area contributed by atoms with E-state index in [2.05, 4.69) is 28.1 Å². The number of rotatable bonds is 4. The molecule has 2 aromatic heterocycles. The van der Waals surface area contributed by atoms with Gasteiger partial charge < -0.3 is 13.6 Å². The van der Waals surface area contributed by atoms with E-state index in [4.69, 9.17) is 13.6 Å². The fourth-order valence-electron chi connectivity index (χ4n) is 2.16. The second-order valence-electron chi connectivity index (χ2n) is 4.84. The monoisotopic (exact) mass is 340 g/mol. The van der Waals surface area contributed by atoms with Crippen molar-refractivity contribution in [1.29, 1.82) is 0 Å². The molecule has 0 aliphatic carbocycles. The van der Waals surface area contributed by atoms with E-state index >= 15 is 0 Å². The van der Waals surface area contributed by atoms with Crippen LogP contribution in [0.2, 0.25) is 0 Å². The van der Waals surface area contributed by atoms with Crippen molar-refractivity contribution in [3.8, 4) is 0 Å². The van der Waals surface area contributed by atoms with Crippen LogP contribution in [0.15, 0.2) is 21.0 Å². The zero-order chi connectivity index (χ0) is 16.4. The van der Waals surface area contributed by atoms with Gasteiger partial charge in [-0.25, -0.2) is 0 Å². The van der Waals surface area contributed by atoms with Gasteiger partial charge in [-0.2, -0.15) is 0 Å². The zero-order valence-electron chi connectivity index (χ0n) is 11.7. The first-order chi connectivity index (χ1) is 11.0. The first kappa shape index (κ1) is 15.5. The molecule has 1 aliphatic rings. The Kier molecular flexibility index (Phi) is 4.30. The molecule has 0 aromatic carbocycles. The van der Waals surface area contributed by atoms with E-state index in [-0.39, 0.29) is 23.1 Å². The Morgan fingerprint density at radius 1 is 1.39 bits per heavy atom. The molecule has 1 fully saturated rings. The smallest absolute Gasteiger partial charge is 0.408 e. The Balaban J connectivity index is 1.66. The predicted molar refractivity (Wildman–Crippen MR) is 78.3 cm³/mol. The Hall–Kier alpha value is -2.40. The Morgan fingerprint density at radius 2 is 2.22 bits per heavy atom. The summed E-state index contributed by atoms with van der Waals surface area (Å²) in [5, 5.41) is 20.5. The molecule has 2 unspecified atom stereocenters. The lowest BCUT2D eigenvalue weighted by atomic mass is 10.0. The van der Waals surface area contributed by atoms with Crippen LogP contribution >= 0.6 is 12.6 Å². The quantitative estimate of drug-likeness (QED) is 0.490. The minimum absolute atomic E-state index is 0.00843. The van der Waals surface area contributed by atoms with Crippen LogP contribution in [0.5, 0.6) is 0 Å². The summed E-state index contributed by atoms with van der Waals surface area (Å²) >= 11 is 4.25. The molecule has 3 heterocycles. The van der Waals surface area contributed by atoms with E-state index < -0.39 is 16.7 Å². The van der Waals surface area contributed by atoms with Gasteiger partial charge in [0.05, 0.1) is 6.07 Å². The molecule has 10 nitrogen and oxygen atoms in total. The van der Waals surface area contributed by atoms with Gasteiger partial charge in [-0.05, 0) is 18.9 Å². The minimum Gasteiger partial charge on any atom is -0.408 e. The third-order valence-corrected chi connectivity index (χ3v) is 3.63. The fourth-order valence-corrected chi connectivity index (χ4v) is 2.52. The summed E-state index contributed by atoms with van der Waals surface area (Å²) in [7, 11) is 0. The summed E-state index contributed by atoms with van der Waals surface area (Å²) in [5.41, 5.74) is -0.192. The van der Waals surface area contributed by atoms with Crippen molar-refractivity contribution in [1.82, 2.24) is 10.2 Å². The van der Waals surface area contributed by atoms with Gasteiger partial charge in [0.2, 0.25) is 5.89 Å². The molecule has 0 radical (unpaired) electrons. The van der Waals surface area contributed by atoms with Gasteiger partial charge >= 0.3 is 11.9 Å². The van der Waals surface area contributed by atoms with Crippen LogP contribution in [0.4, 0.5) is 11.9 Å². The van der Waals surface area contributed by atoms with E-state index in [1.807, 2.05) is 0 Å². The molecule has 0 spiro atoms. The highest BCUT2D eigenvalue weighted by atomic mass is 32.1. The molecular formula is C12H12N4O6S. The minimum atomic E-state index is -0.736. The van der Waals surface area contributed by atoms with Gasteiger partial charge in [0.25, 0.3) is 5.91 Å². The number of nitrogens with zero attached hydrogens (tertiary/aromatic N) is 3. The highest BCUT2D eigenvalue weighted by Gasteiger charge is 2.27. The Labute approximate surface area is 134 Å². The van der Waals surface area contributed by atoms with Gasteiger partial charge in [-0.1, -0.05) is 5.10 Å². The normalized spacial score (nSPS) is 21.1. The third kappa shape index (κ3) is 3.51. The summed E-state index contributed by atoms with van der Waals surface area (Å²) in [6, 6.07) is 2.17. The van der Waals surface area contributed by atoms with Gasteiger partial charge in [0, 0.05) is 12.5 Å². The number of carbonyl (C=O) groups is 1. The molecule has 1 aliphatic heterocycles. The number of thiol groups is 1. The molecule has 1 N–H and O–H groups in total. The lowest BCUT2D eigenvalue weighted by molar-refractivity contribution is -0.402. The number of anilines is 1. The van der Waals surface area contributed by atoms with Crippen molar-refractivity contribution in [2.45, 2.75) is 24.2 Å². The highest BCUT2D eigenvalue weighted by molar-refractivity contribution is 7.80. The second-order valence-corrected chi connectivity index (χ2v) is 5.42. The lowest BCUT2D eigenvalue weighted by Crippen LogP contribution is -2.20. The molecule has 23 heavy (non-hydrogen) atoms. The van der Waals surface area contributed by atoms with Crippen molar-refractivity contribution in [3.05, 3.63) is 33.9 Å². The number of ether oxygens (including phenoxy) is 1. The van der Waals surface area contributed by atoms with Crippen molar-refractivity contribution in [3.63, 3.8) is 0 Å². The summed E-state index contributed by atoms with van der Waals surface area (Å²) < 4.78 is 15.5. The van der Waals surface area contributed by atoms with Crippen LogP contribution in [-0.2, 0) is 4.74 Å². The fraction of sp³-hybridized carbons (Fsp3) is 0.417. The van der Waals surface area contributed by atoms with E-state index in [1.165, 1.54) is 6.07 Å². The number of furan rings is 1. The van der Waals surface area contributed by atoms with Crippen LogP contribution in [0, 0.1) is 10.1 Å². The molecule has 3 rings (SSSR count). The van der Waals surface area contributed by atoms with Gasteiger partial charge in [0.1, 0.15) is 10.4 Å². The van der Waals surface area contributed by atoms with Crippen molar-refractivity contribution < 1.29 is 23.3 Å². The maximum absolute atomic E-state index is 11.9. The van der Waals surface area contributed by atoms with E-state index in [0.29, 0.717) is 18.9 Å². The molecule has 0 saturated carbocycles. The lowest BCUT2D eigenvalue weighted by Gasteiger charge is -2.23. The number of aromatic nitrogens is 2. The molecular weight excluding hydrogens is 328 g/mol. The standard InChI is InChI=1S/C12H12N4O6S/c17-10(7-1-2-8(21-7)16(18)19)13-12-15-14-11(22-12)6-3-4-20-9(23)5-6/h1-2,6,9,23H,3-5H2,(H,13,15,17). The van der Waals surface area contributed by atoms with Gasteiger partial charge in [-0.3, -0.25) is 20.2 Å². The van der Waals surface area contributed by atoms with Crippen LogP contribution in [0.1, 0.15) is 35.2 Å². The SMILES string of the molecule is O=C(Nc1nnc(C2CCOC(S)C2)o1)c1ccc([N+](=O)[O-])o1. The number of hydrogen-bond acceptors (Lipinski definition) is 9. The zero-order valence-corrected chi connectivity index (χ0v) is 12.6. The highest BCUT2D eigenvalue weighted by Crippen LogP contribution is 2.31. The van der Waals surface area contributed by atoms with Gasteiger partial charge in [0.15, 0.2) is 5.76 Å². The Bertz CT molecular complexity index is 729. The van der Waals surface area contributed by atoms with Crippen LogP contribution in [0.3, 0.4) is 0 Å². The van der Waals surface area contributed by atoms with Crippen molar-refractivity contribution >= 4 is 30.4 Å². The average molecular weight is 340 g/mol. The summed E-state index contributed by atoms with van der Waals surface area (Å²) in [6.07, 6.45) is 1.35. The number of nitrogens with one attached hydrogen (secondary N) is 1. The number of carbonyl (C=O) groups excluding carboxylic acids is 1.